The molecule has 0 aliphatic carbocycles. The first-order valence-corrected chi connectivity index (χ1v) is 7.42. The zero-order chi connectivity index (χ0) is 16.2. The molecule has 1 heterocycles. The molecule has 0 aliphatic heterocycles. The second-order valence-electron chi connectivity index (χ2n) is 5.32. The van der Waals surface area contributed by atoms with Gasteiger partial charge >= 0.3 is 5.97 Å². The van der Waals surface area contributed by atoms with Crippen LogP contribution in [0.3, 0.4) is 0 Å². The van der Waals surface area contributed by atoms with Gasteiger partial charge in [-0.2, -0.15) is 0 Å². The second-order valence-corrected chi connectivity index (χ2v) is 5.32. The fourth-order valence-electron chi connectivity index (χ4n) is 2.65. The van der Waals surface area contributed by atoms with E-state index in [0.29, 0.717) is 6.42 Å². The lowest BCUT2D eigenvalue weighted by atomic mass is 10.1. The van der Waals surface area contributed by atoms with Gasteiger partial charge in [0.05, 0.1) is 12.1 Å². The van der Waals surface area contributed by atoms with Crippen LogP contribution in [0.15, 0.2) is 66.7 Å². The molecule has 2 aromatic carbocycles. The number of carbonyl (C=O) groups is 1. The van der Waals surface area contributed by atoms with Crippen LogP contribution in [0.2, 0.25) is 0 Å². The van der Waals surface area contributed by atoms with Crippen LogP contribution in [-0.2, 0) is 11.2 Å². The fourth-order valence-corrected chi connectivity index (χ4v) is 2.65. The summed E-state index contributed by atoms with van der Waals surface area (Å²) in [5, 5.41) is 18.5. The van der Waals surface area contributed by atoms with Crippen LogP contribution < -0.4 is 0 Å². The highest BCUT2D eigenvalue weighted by Crippen LogP contribution is 2.28. The standard InChI is InChI=1S/C19H17NO3/c21-17-10-6-15(7-11-17)20-16(9-13-19(22)23)8-12-18(20)14-4-2-1-3-5-14/h1-8,10-12,21H,9,13H2,(H,22,23). The minimum Gasteiger partial charge on any atom is -0.508 e. The number of carboxylic acid groups (broad SMARTS) is 1. The third-order valence-corrected chi connectivity index (χ3v) is 3.73. The van der Waals surface area contributed by atoms with Crippen LogP contribution in [0.1, 0.15) is 12.1 Å². The predicted octanol–water partition coefficient (Wildman–Crippen LogP) is 3.87. The number of aryl methyl sites for hydroxylation is 1. The van der Waals surface area contributed by atoms with Gasteiger partial charge in [0.25, 0.3) is 0 Å². The van der Waals surface area contributed by atoms with E-state index >= 15 is 0 Å². The molecular formula is C19H17NO3. The lowest BCUT2D eigenvalue weighted by molar-refractivity contribution is -0.136. The maximum Gasteiger partial charge on any atom is 0.303 e. The van der Waals surface area contributed by atoms with Gasteiger partial charge in [-0.15, -0.1) is 0 Å². The first-order valence-electron chi connectivity index (χ1n) is 7.42. The predicted molar refractivity (Wildman–Crippen MR) is 88.8 cm³/mol. The van der Waals surface area contributed by atoms with Gasteiger partial charge in [0.2, 0.25) is 0 Å². The summed E-state index contributed by atoms with van der Waals surface area (Å²) in [6, 6.07) is 20.8. The van der Waals surface area contributed by atoms with Crippen molar-refractivity contribution in [3.8, 4) is 22.7 Å². The van der Waals surface area contributed by atoms with Gasteiger partial charge in [0, 0.05) is 11.4 Å². The van der Waals surface area contributed by atoms with Crippen molar-refractivity contribution in [1.29, 1.82) is 0 Å². The number of hydrogen-bond donors (Lipinski definition) is 2. The van der Waals surface area contributed by atoms with E-state index in [0.717, 1.165) is 22.6 Å². The molecule has 2 N–H and O–H groups in total. The number of rotatable bonds is 5. The number of benzene rings is 2. The van der Waals surface area contributed by atoms with Crippen molar-refractivity contribution in [2.75, 3.05) is 0 Å². The topological polar surface area (TPSA) is 62.5 Å². The van der Waals surface area contributed by atoms with E-state index in [-0.39, 0.29) is 12.2 Å². The number of nitrogens with zero attached hydrogens (tertiary/aromatic N) is 1. The van der Waals surface area contributed by atoms with Crippen LogP contribution in [0.5, 0.6) is 5.75 Å². The third-order valence-electron chi connectivity index (χ3n) is 3.73. The molecule has 3 rings (SSSR count). The van der Waals surface area contributed by atoms with E-state index in [1.807, 2.05) is 59.2 Å². The van der Waals surface area contributed by atoms with Crippen molar-refractivity contribution in [2.45, 2.75) is 12.8 Å². The van der Waals surface area contributed by atoms with Crippen LogP contribution in [0, 0.1) is 0 Å². The first kappa shape index (κ1) is 14.9. The monoisotopic (exact) mass is 307 g/mol. The maximum atomic E-state index is 10.9. The summed E-state index contributed by atoms with van der Waals surface area (Å²) < 4.78 is 2.04. The smallest absolute Gasteiger partial charge is 0.303 e. The Labute approximate surface area is 134 Å². The van der Waals surface area contributed by atoms with Crippen molar-refractivity contribution in [2.24, 2.45) is 0 Å². The molecule has 0 saturated carbocycles. The highest BCUT2D eigenvalue weighted by atomic mass is 16.4. The molecule has 0 bridgehead atoms. The highest BCUT2D eigenvalue weighted by molar-refractivity contribution is 5.68. The molecule has 116 valence electrons. The van der Waals surface area contributed by atoms with Gasteiger partial charge in [0.15, 0.2) is 0 Å². The Balaban J connectivity index is 2.10. The summed E-state index contributed by atoms with van der Waals surface area (Å²) >= 11 is 0. The summed E-state index contributed by atoms with van der Waals surface area (Å²) in [6.45, 7) is 0. The van der Waals surface area contributed by atoms with E-state index in [4.69, 9.17) is 5.11 Å². The minimum atomic E-state index is -0.815. The number of phenolic OH excluding ortho intramolecular Hbond substituents is 1. The molecule has 0 saturated heterocycles. The molecule has 0 amide bonds. The Kier molecular flexibility index (Phi) is 4.15. The molecule has 3 aromatic rings. The Morgan fingerprint density at radius 1 is 0.913 bits per heavy atom. The average molecular weight is 307 g/mol. The number of hydrogen-bond acceptors (Lipinski definition) is 2. The number of aromatic nitrogens is 1. The van der Waals surface area contributed by atoms with Crippen LogP contribution in [0.4, 0.5) is 0 Å². The van der Waals surface area contributed by atoms with Gasteiger partial charge in [0.1, 0.15) is 5.75 Å². The van der Waals surface area contributed by atoms with Gasteiger partial charge in [-0.05, 0) is 48.4 Å². The van der Waals surface area contributed by atoms with Crippen molar-refractivity contribution in [3.63, 3.8) is 0 Å². The van der Waals surface area contributed by atoms with E-state index in [9.17, 15) is 9.90 Å². The summed E-state index contributed by atoms with van der Waals surface area (Å²) in [4.78, 5) is 10.9. The maximum absolute atomic E-state index is 10.9. The highest BCUT2D eigenvalue weighted by Gasteiger charge is 2.13. The molecule has 0 atom stereocenters. The van der Waals surface area contributed by atoms with Crippen molar-refractivity contribution < 1.29 is 15.0 Å². The Morgan fingerprint density at radius 3 is 2.26 bits per heavy atom. The summed E-state index contributed by atoms with van der Waals surface area (Å²) in [5.41, 5.74) is 3.88. The molecule has 1 aromatic heterocycles. The first-order chi connectivity index (χ1) is 11.1. The molecular weight excluding hydrogens is 290 g/mol. The van der Waals surface area contributed by atoms with Gasteiger partial charge in [-0.1, -0.05) is 30.3 Å². The Hall–Kier alpha value is -3.01. The minimum absolute atomic E-state index is 0.0797. The quantitative estimate of drug-likeness (QED) is 0.752. The van der Waals surface area contributed by atoms with E-state index in [1.165, 1.54) is 0 Å². The fraction of sp³-hybridized carbons (Fsp3) is 0.105. The van der Waals surface area contributed by atoms with Crippen molar-refractivity contribution in [3.05, 3.63) is 72.4 Å². The summed E-state index contributed by atoms with van der Waals surface area (Å²) in [5.74, 6) is -0.612. The molecule has 4 heteroatoms. The van der Waals surface area contributed by atoms with E-state index < -0.39 is 5.97 Å². The van der Waals surface area contributed by atoms with Crippen molar-refractivity contribution in [1.82, 2.24) is 4.57 Å². The lowest BCUT2D eigenvalue weighted by Crippen LogP contribution is -2.05. The van der Waals surface area contributed by atoms with Crippen LogP contribution >= 0.6 is 0 Å². The number of aliphatic carboxylic acids is 1. The number of carboxylic acids is 1. The summed E-state index contributed by atoms with van der Waals surface area (Å²) in [7, 11) is 0. The van der Waals surface area contributed by atoms with Gasteiger partial charge < -0.3 is 14.8 Å². The molecule has 0 radical (unpaired) electrons. The molecule has 0 aliphatic rings. The normalized spacial score (nSPS) is 10.6. The van der Waals surface area contributed by atoms with Gasteiger partial charge in [-0.3, -0.25) is 4.79 Å². The van der Waals surface area contributed by atoms with Crippen LogP contribution in [-0.4, -0.2) is 20.7 Å². The van der Waals surface area contributed by atoms with E-state index in [2.05, 4.69) is 0 Å². The lowest BCUT2D eigenvalue weighted by Gasteiger charge is -2.14. The molecule has 4 nitrogen and oxygen atoms in total. The largest absolute Gasteiger partial charge is 0.508 e. The van der Waals surface area contributed by atoms with Gasteiger partial charge in [-0.25, -0.2) is 0 Å². The second kappa shape index (κ2) is 6.40. The number of phenols is 1. The van der Waals surface area contributed by atoms with Crippen LogP contribution in [0.25, 0.3) is 16.9 Å². The average Bonchev–Trinajstić information content (AvgIpc) is 2.98. The molecule has 0 spiro atoms. The Bertz CT molecular complexity index is 804. The zero-order valence-corrected chi connectivity index (χ0v) is 12.5. The van der Waals surface area contributed by atoms with Crippen molar-refractivity contribution >= 4 is 5.97 Å². The molecule has 23 heavy (non-hydrogen) atoms. The summed E-state index contributed by atoms with van der Waals surface area (Å²) in [6.07, 6.45) is 0.527. The third kappa shape index (κ3) is 3.26. The Morgan fingerprint density at radius 2 is 1.61 bits per heavy atom. The zero-order valence-electron chi connectivity index (χ0n) is 12.5. The number of aromatic hydroxyl groups is 1. The SMILES string of the molecule is O=C(O)CCc1ccc(-c2ccccc2)n1-c1ccc(O)cc1. The molecule has 0 unspecified atom stereocenters. The molecule has 0 fully saturated rings. The van der Waals surface area contributed by atoms with E-state index in [1.54, 1.807) is 12.1 Å².